The highest BCUT2D eigenvalue weighted by molar-refractivity contribution is 6.30. The quantitative estimate of drug-likeness (QED) is 0.807. The number of amides is 1. The summed E-state index contributed by atoms with van der Waals surface area (Å²) in [6.07, 6.45) is 0.210. The van der Waals surface area contributed by atoms with Crippen molar-refractivity contribution in [3.8, 4) is 5.75 Å². The molecule has 0 heterocycles. The number of benzene rings is 2. The second-order valence-corrected chi connectivity index (χ2v) is 5.78. The number of aliphatic carboxylic acids is 1. The van der Waals surface area contributed by atoms with E-state index < -0.39 is 17.9 Å². The molecule has 1 amide bonds. The van der Waals surface area contributed by atoms with Gasteiger partial charge in [-0.25, -0.2) is 4.79 Å². The first kappa shape index (κ1) is 17.8. The molecule has 0 fully saturated rings. The fourth-order valence-electron chi connectivity index (χ4n) is 2.20. The van der Waals surface area contributed by atoms with Crippen molar-refractivity contribution in [3.63, 3.8) is 0 Å². The summed E-state index contributed by atoms with van der Waals surface area (Å²) in [4.78, 5) is 23.3. The zero-order valence-electron chi connectivity index (χ0n) is 13.2. The van der Waals surface area contributed by atoms with Gasteiger partial charge in [-0.2, -0.15) is 0 Å². The summed E-state index contributed by atoms with van der Waals surface area (Å²) in [5, 5.41) is 12.3. The van der Waals surface area contributed by atoms with Gasteiger partial charge in [0.25, 0.3) is 5.91 Å². The predicted molar refractivity (Wildman–Crippen MR) is 91.4 cm³/mol. The minimum Gasteiger partial charge on any atom is -0.484 e. The molecule has 0 bridgehead atoms. The Labute approximate surface area is 145 Å². The number of rotatable bonds is 7. The monoisotopic (exact) mass is 347 g/mol. The van der Waals surface area contributed by atoms with Crippen LogP contribution in [0, 0.1) is 6.92 Å². The Hall–Kier alpha value is -2.53. The number of halogens is 1. The van der Waals surface area contributed by atoms with Crippen LogP contribution in [-0.4, -0.2) is 29.6 Å². The summed E-state index contributed by atoms with van der Waals surface area (Å²) in [6.45, 7) is 1.55. The summed E-state index contributed by atoms with van der Waals surface area (Å²) in [6, 6.07) is 13.2. The highest BCUT2D eigenvalue weighted by Gasteiger charge is 2.20. The maximum absolute atomic E-state index is 12.0. The number of carbonyl (C=O) groups is 2. The molecule has 126 valence electrons. The van der Waals surface area contributed by atoms with Gasteiger partial charge in [-0.05, 0) is 36.2 Å². The summed E-state index contributed by atoms with van der Waals surface area (Å²) in [7, 11) is 0. The van der Waals surface area contributed by atoms with Crippen molar-refractivity contribution in [2.45, 2.75) is 19.4 Å². The molecule has 2 aromatic rings. The molecule has 0 unspecified atom stereocenters. The molecule has 0 aliphatic rings. The summed E-state index contributed by atoms with van der Waals surface area (Å²) in [5.74, 6) is -1.05. The van der Waals surface area contributed by atoms with E-state index in [9.17, 15) is 14.7 Å². The molecule has 0 spiro atoms. The van der Waals surface area contributed by atoms with Crippen LogP contribution in [0.4, 0.5) is 0 Å². The predicted octanol–water partition coefficient (Wildman–Crippen LogP) is 2.84. The fourth-order valence-corrected chi connectivity index (χ4v) is 2.43. The van der Waals surface area contributed by atoms with Gasteiger partial charge in [-0.15, -0.1) is 0 Å². The maximum Gasteiger partial charge on any atom is 0.326 e. The van der Waals surface area contributed by atoms with Crippen LogP contribution in [-0.2, 0) is 16.0 Å². The van der Waals surface area contributed by atoms with Gasteiger partial charge < -0.3 is 15.2 Å². The van der Waals surface area contributed by atoms with E-state index in [1.807, 2.05) is 37.3 Å². The molecule has 0 aromatic heterocycles. The average Bonchev–Trinajstić information content (AvgIpc) is 2.54. The minimum atomic E-state index is -1.09. The molecule has 0 saturated heterocycles. The summed E-state index contributed by atoms with van der Waals surface area (Å²) in [5.41, 5.74) is 1.63. The van der Waals surface area contributed by atoms with Crippen molar-refractivity contribution < 1.29 is 19.4 Å². The van der Waals surface area contributed by atoms with Crippen LogP contribution < -0.4 is 10.1 Å². The topological polar surface area (TPSA) is 75.6 Å². The Kier molecular flexibility index (Phi) is 6.21. The van der Waals surface area contributed by atoms with Gasteiger partial charge in [0.05, 0.1) is 0 Å². The first-order valence-electron chi connectivity index (χ1n) is 7.41. The largest absolute Gasteiger partial charge is 0.484 e. The molecule has 2 aromatic carbocycles. The van der Waals surface area contributed by atoms with E-state index in [2.05, 4.69) is 5.32 Å². The van der Waals surface area contributed by atoms with Gasteiger partial charge in [0, 0.05) is 11.4 Å². The molecular weight excluding hydrogens is 330 g/mol. The third kappa shape index (κ3) is 5.28. The van der Waals surface area contributed by atoms with Gasteiger partial charge in [0.1, 0.15) is 11.8 Å². The molecule has 0 saturated carbocycles. The van der Waals surface area contributed by atoms with E-state index in [1.165, 1.54) is 0 Å². The van der Waals surface area contributed by atoms with Crippen molar-refractivity contribution >= 4 is 23.5 Å². The van der Waals surface area contributed by atoms with Gasteiger partial charge >= 0.3 is 5.97 Å². The average molecular weight is 348 g/mol. The SMILES string of the molecule is Cc1cc(Cl)ccc1OCC(=O)N[C@@H](Cc1ccccc1)C(=O)O. The second-order valence-electron chi connectivity index (χ2n) is 5.35. The van der Waals surface area contributed by atoms with Crippen LogP contribution in [0.1, 0.15) is 11.1 Å². The lowest BCUT2D eigenvalue weighted by molar-refractivity contribution is -0.142. The molecule has 2 rings (SSSR count). The first-order valence-corrected chi connectivity index (χ1v) is 7.78. The fraction of sp³-hybridized carbons (Fsp3) is 0.222. The van der Waals surface area contributed by atoms with Gasteiger partial charge in [-0.3, -0.25) is 4.79 Å². The first-order chi connectivity index (χ1) is 11.5. The van der Waals surface area contributed by atoms with Crippen molar-refractivity contribution in [1.29, 1.82) is 0 Å². The van der Waals surface area contributed by atoms with Crippen LogP contribution in [0.5, 0.6) is 5.75 Å². The molecule has 1 atom stereocenters. The Morgan fingerprint density at radius 2 is 1.92 bits per heavy atom. The molecule has 5 nitrogen and oxygen atoms in total. The lowest BCUT2D eigenvalue weighted by Crippen LogP contribution is -2.44. The lowest BCUT2D eigenvalue weighted by Gasteiger charge is -2.15. The molecular formula is C18H18ClNO4. The Bertz CT molecular complexity index is 718. The Morgan fingerprint density at radius 3 is 2.54 bits per heavy atom. The molecule has 6 heteroatoms. The number of nitrogens with one attached hydrogen (secondary N) is 1. The van der Waals surface area contributed by atoms with E-state index in [0.717, 1.165) is 11.1 Å². The lowest BCUT2D eigenvalue weighted by atomic mass is 10.1. The van der Waals surface area contributed by atoms with Crippen molar-refractivity contribution in [2.75, 3.05) is 6.61 Å². The van der Waals surface area contributed by atoms with Crippen molar-refractivity contribution in [3.05, 3.63) is 64.7 Å². The van der Waals surface area contributed by atoms with Gasteiger partial charge in [0.2, 0.25) is 0 Å². The van der Waals surface area contributed by atoms with Crippen LogP contribution in [0.3, 0.4) is 0 Å². The van der Waals surface area contributed by atoms with Gasteiger partial charge in [0.15, 0.2) is 6.61 Å². The molecule has 0 radical (unpaired) electrons. The third-order valence-electron chi connectivity index (χ3n) is 3.41. The number of hydrogen-bond acceptors (Lipinski definition) is 3. The third-order valence-corrected chi connectivity index (χ3v) is 3.65. The van der Waals surface area contributed by atoms with Crippen LogP contribution in [0.25, 0.3) is 0 Å². The molecule has 2 N–H and O–H groups in total. The normalized spacial score (nSPS) is 11.6. The van der Waals surface area contributed by atoms with E-state index in [4.69, 9.17) is 16.3 Å². The zero-order chi connectivity index (χ0) is 17.5. The van der Waals surface area contributed by atoms with E-state index >= 15 is 0 Å². The number of ether oxygens (including phenoxy) is 1. The Morgan fingerprint density at radius 1 is 1.21 bits per heavy atom. The number of aryl methyl sites for hydroxylation is 1. The zero-order valence-corrected chi connectivity index (χ0v) is 13.9. The van der Waals surface area contributed by atoms with Crippen LogP contribution in [0.2, 0.25) is 5.02 Å². The molecule has 0 aliphatic carbocycles. The van der Waals surface area contributed by atoms with Crippen LogP contribution in [0.15, 0.2) is 48.5 Å². The van der Waals surface area contributed by atoms with E-state index in [0.29, 0.717) is 10.8 Å². The number of carboxylic acids is 1. The highest BCUT2D eigenvalue weighted by Crippen LogP contribution is 2.21. The number of carboxylic acid groups (broad SMARTS) is 1. The van der Waals surface area contributed by atoms with Crippen molar-refractivity contribution in [1.82, 2.24) is 5.32 Å². The standard InChI is InChI=1S/C18H18ClNO4/c1-12-9-14(19)7-8-16(12)24-11-17(21)20-15(18(22)23)10-13-5-3-2-4-6-13/h2-9,15H,10-11H2,1H3,(H,20,21)(H,22,23)/t15-/m0/s1. The van der Waals surface area contributed by atoms with Crippen molar-refractivity contribution in [2.24, 2.45) is 0 Å². The van der Waals surface area contributed by atoms with Gasteiger partial charge in [-0.1, -0.05) is 41.9 Å². The summed E-state index contributed by atoms with van der Waals surface area (Å²) < 4.78 is 5.42. The number of hydrogen-bond donors (Lipinski definition) is 2. The van der Waals surface area contributed by atoms with E-state index in [-0.39, 0.29) is 13.0 Å². The minimum absolute atomic E-state index is 0.210. The second kappa shape index (κ2) is 8.36. The molecule has 24 heavy (non-hydrogen) atoms. The number of carbonyl (C=O) groups excluding carboxylic acids is 1. The van der Waals surface area contributed by atoms with Crippen LogP contribution >= 0.6 is 11.6 Å². The maximum atomic E-state index is 12.0. The highest BCUT2D eigenvalue weighted by atomic mass is 35.5. The molecule has 0 aliphatic heterocycles. The Balaban J connectivity index is 1.92. The smallest absolute Gasteiger partial charge is 0.326 e. The summed E-state index contributed by atoms with van der Waals surface area (Å²) >= 11 is 5.86. The van der Waals surface area contributed by atoms with E-state index in [1.54, 1.807) is 18.2 Å².